The molecule has 0 saturated carbocycles. The number of hydrogen-bond acceptors (Lipinski definition) is 10. The Hall–Kier alpha value is -5.26. The average Bonchev–Trinajstić information content (AvgIpc) is 2.99. The molecule has 12 nitrogen and oxygen atoms in total. The molecule has 2 amide bonds. The lowest BCUT2D eigenvalue weighted by Gasteiger charge is -2.14. The predicted octanol–water partition coefficient (Wildman–Crippen LogP) is 2.83. The lowest BCUT2D eigenvalue weighted by atomic mass is 10.1. The molecule has 3 aromatic carbocycles. The molecule has 40 heavy (non-hydrogen) atoms. The zero-order valence-corrected chi connectivity index (χ0v) is 22.6. The number of amides is 2. The molecule has 0 atom stereocenters. The summed E-state index contributed by atoms with van der Waals surface area (Å²) in [6.45, 7) is -0.322. The molecule has 0 spiro atoms. The smallest absolute Gasteiger partial charge is 0.343 e. The molecule has 210 valence electrons. The van der Waals surface area contributed by atoms with Crippen LogP contribution in [-0.2, 0) is 4.79 Å². The fourth-order valence-corrected chi connectivity index (χ4v) is 3.44. The number of hydrazone groups is 1. The van der Waals surface area contributed by atoms with Crippen molar-refractivity contribution in [1.29, 1.82) is 0 Å². The average molecular weight is 552 g/mol. The van der Waals surface area contributed by atoms with Crippen LogP contribution in [0.3, 0.4) is 0 Å². The van der Waals surface area contributed by atoms with E-state index in [4.69, 9.17) is 28.4 Å². The van der Waals surface area contributed by atoms with Crippen molar-refractivity contribution < 1.29 is 42.8 Å². The zero-order chi connectivity index (χ0) is 29.1. The normalized spacial score (nSPS) is 10.4. The van der Waals surface area contributed by atoms with Gasteiger partial charge in [0.15, 0.2) is 23.0 Å². The standard InChI is InChI=1S/C28H29N3O9/c1-35-21-11-8-18(12-22(21)36-2)28(34)40-20-9-6-17(7-10-20)15-30-31-25(32)16-29-27(33)19-13-23(37-3)26(39-5)24(14-19)38-4/h6-15H,16H2,1-5H3,(H,29,33)(H,31,32)/b30-15-. The molecule has 12 heteroatoms. The van der Waals surface area contributed by atoms with E-state index in [1.165, 1.54) is 60.0 Å². The Bertz CT molecular complexity index is 1360. The van der Waals surface area contributed by atoms with Crippen molar-refractivity contribution in [1.82, 2.24) is 10.7 Å². The molecule has 3 rings (SSSR count). The summed E-state index contributed by atoms with van der Waals surface area (Å²) in [6.07, 6.45) is 1.40. The molecule has 0 bridgehead atoms. The Labute approximate surface area is 230 Å². The summed E-state index contributed by atoms with van der Waals surface area (Å²) >= 11 is 0. The zero-order valence-electron chi connectivity index (χ0n) is 22.6. The lowest BCUT2D eigenvalue weighted by molar-refractivity contribution is -0.120. The number of hydrogen-bond donors (Lipinski definition) is 2. The summed E-state index contributed by atoms with van der Waals surface area (Å²) < 4.78 is 31.5. The van der Waals surface area contributed by atoms with Gasteiger partial charge in [-0.3, -0.25) is 9.59 Å². The largest absolute Gasteiger partial charge is 0.493 e. The highest BCUT2D eigenvalue weighted by atomic mass is 16.5. The highest BCUT2D eigenvalue weighted by Gasteiger charge is 2.17. The molecule has 2 N–H and O–H groups in total. The van der Waals surface area contributed by atoms with Gasteiger partial charge in [-0.1, -0.05) is 0 Å². The summed E-state index contributed by atoms with van der Waals surface area (Å²) in [5.41, 5.74) is 3.48. The minimum absolute atomic E-state index is 0.220. The van der Waals surface area contributed by atoms with Gasteiger partial charge in [-0.25, -0.2) is 10.2 Å². The highest BCUT2D eigenvalue weighted by Crippen LogP contribution is 2.38. The molecule has 0 radical (unpaired) electrons. The fraction of sp³-hybridized carbons (Fsp3) is 0.214. The van der Waals surface area contributed by atoms with Crippen molar-refractivity contribution in [3.8, 4) is 34.5 Å². The van der Waals surface area contributed by atoms with Crippen molar-refractivity contribution in [3.05, 3.63) is 71.3 Å². The number of methoxy groups -OCH3 is 5. The summed E-state index contributed by atoms with van der Waals surface area (Å²) in [5.74, 6) is 0.554. The van der Waals surface area contributed by atoms with Crippen LogP contribution in [0.5, 0.6) is 34.5 Å². The van der Waals surface area contributed by atoms with Gasteiger partial charge in [-0.15, -0.1) is 0 Å². The first-order valence-electron chi connectivity index (χ1n) is 11.8. The number of nitrogens with one attached hydrogen (secondary N) is 2. The molecule has 0 saturated heterocycles. The van der Waals surface area contributed by atoms with Crippen LogP contribution in [0.25, 0.3) is 0 Å². The van der Waals surface area contributed by atoms with Gasteiger partial charge in [0.25, 0.3) is 11.8 Å². The SMILES string of the molecule is COc1ccc(C(=O)Oc2ccc(/C=N\NC(=O)CNC(=O)c3cc(OC)c(OC)c(OC)c3)cc2)cc1OC. The molecule has 0 aromatic heterocycles. The quantitative estimate of drug-likeness (QED) is 0.150. The number of nitrogens with zero attached hydrogens (tertiary/aromatic N) is 1. The van der Waals surface area contributed by atoms with Gasteiger partial charge in [0.05, 0.1) is 53.9 Å². The minimum atomic E-state index is -0.566. The third-order valence-electron chi connectivity index (χ3n) is 5.45. The van der Waals surface area contributed by atoms with E-state index in [1.54, 1.807) is 36.4 Å². The van der Waals surface area contributed by atoms with Crippen LogP contribution in [0, 0.1) is 0 Å². The van der Waals surface area contributed by atoms with E-state index in [0.29, 0.717) is 45.6 Å². The number of esters is 1. The molecule has 0 fully saturated rings. The van der Waals surface area contributed by atoms with Gasteiger partial charge in [0.2, 0.25) is 5.75 Å². The second-order valence-corrected chi connectivity index (χ2v) is 7.92. The Morgan fingerprint density at radius 3 is 1.90 bits per heavy atom. The maximum absolute atomic E-state index is 12.5. The third kappa shape index (κ3) is 7.40. The minimum Gasteiger partial charge on any atom is -0.493 e. The summed E-state index contributed by atoms with van der Waals surface area (Å²) in [6, 6.07) is 14.1. The van der Waals surface area contributed by atoms with Crippen molar-refractivity contribution in [3.63, 3.8) is 0 Å². The lowest BCUT2D eigenvalue weighted by Crippen LogP contribution is -2.34. The molecule has 3 aromatic rings. The van der Waals surface area contributed by atoms with Crippen LogP contribution in [0.15, 0.2) is 59.7 Å². The second-order valence-electron chi connectivity index (χ2n) is 7.92. The summed E-state index contributed by atoms with van der Waals surface area (Å²) in [4.78, 5) is 37.1. The molecule has 0 unspecified atom stereocenters. The van der Waals surface area contributed by atoms with Gasteiger partial charge >= 0.3 is 5.97 Å². The number of benzene rings is 3. The van der Waals surface area contributed by atoms with Crippen molar-refractivity contribution in [2.75, 3.05) is 42.1 Å². The Balaban J connectivity index is 1.51. The van der Waals surface area contributed by atoms with Gasteiger partial charge in [0, 0.05) is 5.56 Å². The first kappa shape index (κ1) is 29.3. The Morgan fingerprint density at radius 2 is 1.32 bits per heavy atom. The molecule has 0 aliphatic heterocycles. The van der Waals surface area contributed by atoms with Crippen LogP contribution in [-0.4, -0.2) is 66.1 Å². The molecular formula is C28H29N3O9. The number of ether oxygens (including phenoxy) is 6. The van der Waals surface area contributed by atoms with E-state index in [2.05, 4.69) is 15.8 Å². The number of carbonyl (C=O) groups excluding carboxylic acids is 3. The molecular weight excluding hydrogens is 522 g/mol. The molecule has 0 aliphatic rings. The predicted molar refractivity (Wildman–Crippen MR) is 145 cm³/mol. The van der Waals surface area contributed by atoms with Crippen molar-refractivity contribution >= 4 is 24.0 Å². The molecule has 0 heterocycles. The van der Waals surface area contributed by atoms with Gasteiger partial charge in [0.1, 0.15) is 5.75 Å². The fourth-order valence-electron chi connectivity index (χ4n) is 3.44. The van der Waals surface area contributed by atoms with E-state index in [0.717, 1.165) is 0 Å². The van der Waals surface area contributed by atoms with E-state index in [-0.39, 0.29) is 12.1 Å². The first-order valence-corrected chi connectivity index (χ1v) is 11.8. The van der Waals surface area contributed by atoms with E-state index in [1.807, 2.05) is 0 Å². The van der Waals surface area contributed by atoms with Crippen LogP contribution in [0.4, 0.5) is 0 Å². The monoisotopic (exact) mass is 551 g/mol. The maximum atomic E-state index is 12.5. The topological polar surface area (TPSA) is 143 Å². The van der Waals surface area contributed by atoms with Crippen molar-refractivity contribution in [2.24, 2.45) is 5.10 Å². The van der Waals surface area contributed by atoms with Crippen LogP contribution >= 0.6 is 0 Å². The van der Waals surface area contributed by atoms with Crippen molar-refractivity contribution in [2.45, 2.75) is 0 Å². The molecule has 0 aliphatic carbocycles. The van der Waals surface area contributed by atoms with E-state index in [9.17, 15) is 14.4 Å². The summed E-state index contributed by atoms with van der Waals surface area (Å²) in [5, 5.41) is 6.38. The van der Waals surface area contributed by atoms with E-state index < -0.39 is 17.8 Å². The Kier molecular flexibility index (Phi) is 10.3. The van der Waals surface area contributed by atoms with Crippen LogP contribution in [0.1, 0.15) is 26.3 Å². The second kappa shape index (κ2) is 14.0. The number of rotatable bonds is 12. The van der Waals surface area contributed by atoms with Crippen LogP contribution < -0.4 is 39.2 Å². The Morgan fingerprint density at radius 1 is 0.725 bits per heavy atom. The summed E-state index contributed by atoms with van der Waals surface area (Å²) in [7, 11) is 7.30. The number of carbonyl (C=O) groups is 3. The van der Waals surface area contributed by atoms with Gasteiger partial charge < -0.3 is 33.7 Å². The third-order valence-corrected chi connectivity index (χ3v) is 5.45. The van der Waals surface area contributed by atoms with E-state index >= 15 is 0 Å². The maximum Gasteiger partial charge on any atom is 0.343 e. The first-order chi connectivity index (χ1) is 19.3. The van der Waals surface area contributed by atoms with Gasteiger partial charge in [-0.2, -0.15) is 5.10 Å². The van der Waals surface area contributed by atoms with Crippen LogP contribution in [0.2, 0.25) is 0 Å². The highest BCUT2D eigenvalue weighted by molar-refractivity contribution is 5.97. The van der Waals surface area contributed by atoms with Gasteiger partial charge in [-0.05, 0) is 60.2 Å².